The van der Waals surface area contributed by atoms with Crippen LogP contribution in [-0.2, 0) is 5.41 Å². The molecule has 0 amide bonds. The van der Waals surface area contributed by atoms with Crippen molar-refractivity contribution in [2.45, 2.75) is 5.41 Å². The van der Waals surface area contributed by atoms with Crippen molar-refractivity contribution in [2.75, 3.05) is 0 Å². The lowest BCUT2D eigenvalue weighted by molar-refractivity contribution is 0.669. The molecule has 0 fully saturated rings. The summed E-state index contributed by atoms with van der Waals surface area (Å²) in [6.45, 7) is 0. The lowest BCUT2D eigenvalue weighted by Gasteiger charge is -2.30. The van der Waals surface area contributed by atoms with E-state index < -0.39 is 5.41 Å². The SMILES string of the molecule is c1ccc(-c2cc(-c3c(-c4ccc5c(c4)C4(c6ccccc6-c6ccccc64)c4ccccc4-5)ccc4oc5ccccc5c34)nc(-c3ccccc3)n2)cc1. The largest absolute Gasteiger partial charge is 0.456 e. The van der Waals surface area contributed by atoms with Gasteiger partial charge in [-0.05, 0) is 86.0 Å². The minimum atomic E-state index is -0.447. The van der Waals surface area contributed by atoms with Gasteiger partial charge in [0, 0.05) is 27.5 Å². The molecule has 10 aromatic rings. The maximum atomic E-state index is 6.56. The van der Waals surface area contributed by atoms with Gasteiger partial charge in [0.2, 0.25) is 0 Å². The van der Waals surface area contributed by atoms with Crippen LogP contribution in [0.1, 0.15) is 22.3 Å². The van der Waals surface area contributed by atoms with Crippen LogP contribution in [0.4, 0.5) is 0 Å². The lowest BCUT2D eigenvalue weighted by Crippen LogP contribution is -2.25. The van der Waals surface area contributed by atoms with Gasteiger partial charge < -0.3 is 4.42 Å². The number of para-hydroxylation sites is 1. The van der Waals surface area contributed by atoms with Crippen molar-refractivity contribution in [1.29, 1.82) is 0 Å². The van der Waals surface area contributed by atoms with Crippen LogP contribution in [0.2, 0.25) is 0 Å². The van der Waals surface area contributed by atoms with Crippen molar-refractivity contribution >= 4 is 21.9 Å². The Balaban J connectivity index is 1.18. The fourth-order valence-corrected chi connectivity index (χ4v) is 9.63. The van der Waals surface area contributed by atoms with Crippen LogP contribution in [0, 0.1) is 0 Å². The molecule has 0 unspecified atom stereocenters. The Kier molecular flexibility index (Phi) is 6.55. The lowest BCUT2D eigenvalue weighted by atomic mass is 9.70. The van der Waals surface area contributed by atoms with E-state index in [1.54, 1.807) is 0 Å². The molecule has 2 aromatic heterocycles. The van der Waals surface area contributed by atoms with Gasteiger partial charge in [-0.15, -0.1) is 0 Å². The molecule has 0 atom stereocenters. The third kappa shape index (κ3) is 4.28. The van der Waals surface area contributed by atoms with Gasteiger partial charge in [0.05, 0.1) is 16.8 Å². The van der Waals surface area contributed by atoms with Gasteiger partial charge in [-0.3, -0.25) is 0 Å². The van der Waals surface area contributed by atoms with E-state index in [4.69, 9.17) is 14.4 Å². The fourth-order valence-electron chi connectivity index (χ4n) is 9.63. The second kappa shape index (κ2) is 11.8. The molecule has 0 radical (unpaired) electrons. The number of benzene rings is 8. The van der Waals surface area contributed by atoms with Crippen molar-refractivity contribution in [1.82, 2.24) is 9.97 Å². The molecule has 3 heteroatoms. The summed E-state index contributed by atoms with van der Waals surface area (Å²) >= 11 is 0. The molecular weight excluding hydrogens is 681 g/mol. The summed E-state index contributed by atoms with van der Waals surface area (Å²) in [6, 6.07) is 69.5. The Hall–Kier alpha value is -7.36. The smallest absolute Gasteiger partial charge is 0.160 e. The molecule has 8 aromatic carbocycles. The Morgan fingerprint density at radius 2 is 0.893 bits per heavy atom. The number of rotatable bonds is 4. The summed E-state index contributed by atoms with van der Waals surface area (Å²) in [7, 11) is 0. The zero-order valence-corrected chi connectivity index (χ0v) is 30.3. The fraction of sp³-hybridized carbons (Fsp3) is 0.0189. The van der Waals surface area contributed by atoms with Gasteiger partial charge in [-0.1, -0.05) is 164 Å². The highest BCUT2D eigenvalue weighted by molar-refractivity contribution is 6.16. The average molecular weight is 713 g/mol. The average Bonchev–Trinajstić information content (AvgIpc) is 3.90. The topological polar surface area (TPSA) is 38.9 Å². The van der Waals surface area contributed by atoms with E-state index in [-0.39, 0.29) is 0 Å². The highest BCUT2D eigenvalue weighted by Crippen LogP contribution is 2.63. The zero-order valence-electron chi connectivity index (χ0n) is 30.3. The molecule has 260 valence electrons. The number of nitrogens with zero attached hydrogens (tertiary/aromatic N) is 2. The predicted molar refractivity (Wildman–Crippen MR) is 227 cm³/mol. The Labute approximate surface area is 324 Å². The number of furan rings is 1. The summed E-state index contributed by atoms with van der Waals surface area (Å²) in [5.41, 5.74) is 18.6. The molecule has 0 saturated heterocycles. The number of hydrogen-bond acceptors (Lipinski definition) is 3. The van der Waals surface area contributed by atoms with Crippen LogP contribution in [0.25, 0.3) is 89.2 Å². The number of hydrogen-bond donors (Lipinski definition) is 0. The summed E-state index contributed by atoms with van der Waals surface area (Å²) in [5, 5.41) is 2.11. The first-order valence-electron chi connectivity index (χ1n) is 19.2. The number of fused-ring (bicyclic) bond motifs is 13. The van der Waals surface area contributed by atoms with Crippen LogP contribution in [0.5, 0.6) is 0 Å². The van der Waals surface area contributed by atoms with E-state index in [0.717, 1.165) is 61.1 Å². The van der Waals surface area contributed by atoms with E-state index in [2.05, 4.69) is 164 Å². The van der Waals surface area contributed by atoms with Crippen molar-refractivity contribution in [2.24, 2.45) is 0 Å². The van der Waals surface area contributed by atoms with Crippen molar-refractivity contribution in [3.05, 3.63) is 216 Å². The highest BCUT2D eigenvalue weighted by atomic mass is 16.3. The first-order valence-corrected chi connectivity index (χ1v) is 19.2. The molecule has 12 rings (SSSR count). The van der Waals surface area contributed by atoms with E-state index in [9.17, 15) is 0 Å². The summed E-state index contributed by atoms with van der Waals surface area (Å²) in [6.07, 6.45) is 0. The zero-order chi connectivity index (χ0) is 36.8. The van der Waals surface area contributed by atoms with Gasteiger partial charge in [0.25, 0.3) is 0 Å². The maximum Gasteiger partial charge on any atom is 0.160 e. The second-order valence-electron chi connectivity index (χ2n) is 14.8. The predicted octanol–water partition coefficient (Wildman–Crippen LogP) is 13.4. The quantitative estimate of drug-likeness (QED) is 0.182. The van der Waals surface area contributed by atoms with Crippen molar-refractivity contribution in [3.63, 3.8) is 0 Å². The van der Waals surface area contributed by atoms with Gasteiger partial charge in [-0.2, -0.15) is 0 Å². The van der Waals surface area contributed by atoms with Gasteiger partial charge in [0.1, 0.15) is 11.2 Å². The van der Waals surface area contributed by atoms with E-state index >= 15 is 0 Å². The third-order valence-corrected chi connectivity index (χ3v) is 11.9. The Bertz CT molecular complexity index is 3080. The van der Waals surface area contributed by atoms with Crippen LogP contribution < -0.4 is 0 Å². The first kappa shape index (κ1) is 31.0. The Morgan fingerprint density at radius 1 is 0.357 bits per heavy atom. The molecule has 3 nitrogen and oxygen atoms in total. The second-order valence-corrected chi connectivity index (χ2v) is 14.8. The standard InChI is InChI=1S/C53H32N2O/c1-3-15-33(16-4-1)46-32-47(55-52(54-46)34-17-5-2-6-18-34)50-36(29-30-49-51(50)41-22-10-14-26-48(41)56-49)35-27-28-40-39-21-9-13-25-44(39)53(45(40)31-35)42-23-11-7-19-37(42)38-20-8-12-24-43(38)53/h1-32H. The molecule has 2 heterocycles. The van der Waals surface area contributed by atoms with Crippen molar-refractivity contribution in [3.8, 4) is 67.3 Å². The molecule has 2 aliphatic carbocycles. The first-order chi connectivity index (χ1) is 27.8. The molecule has 0 saturated carbocycles. The molecule has 2 aliphatic rings. The molecule has 0 bridgehead atoms. The molecule has 0 aliphatic heterocycles. The molecule has 0 N–H and O–H groups in total. The summed E-state index contributed by atoms with van der Waals surface area (Å²) in [5.74, 6) is 0.681. The minimum Gasteiger partial charge on any atom is -0.456 e. The van der Waals surface area contributed by atoms with E-state index in [1.807, 2.05) is 30.3 Å². The number of aromatic nitrogens is 2. The van der Waals surface area contributed by atoms with E-state index in [0.29, 0.717) is 5.82 Å². The van der Waals surface area contributed by atoms with Gasteiger partial charge in [-0.25, -0.2) is 9.97 Å². The summed E-state index contributed by atoms with van der Waals surface area (Å²) in [4.78, 5) is 10.6. The van der Waals surface area contributed by atoms with Crippen LogP contribution in [0.3, 0.4) is 0 Å². The highest BCUT2D eigenvalue weighted by Gasteiger charge is 2.51. The molecule has 1 spiro atoms. The van der Waals surface area contributed by atoms with Crippen LogP contribution in [0.15, 0.2) is 199 Å². The van der Waals surface area contributed by atoms with Crippen LogP contribution >= 0.6 is 0 Å². The molecule has 56 heavy (non-hydrogen) atoms. The summed E-state index contributed by atoms with van der Waals surface area (Å²) < 4.78 is 6.56. The van der Waals surface area contributed by atoms with Gasteiger partial charge in [0.15, 0.2) is 5.82 Å². The normalized spacial score (nSPS) is 13.1. The molecular formula is C53H32N2O. The van der Waals surface area contributed by atoms with Gasteiger partial charge >= 0.3 is 0 Å². The minimum absolute atomic E-state index is 0.447. The maximum absolute atomic E-state index is 6.56. The Morgan fingerprint density at radius 3 is 1.57 bits per heavy atom. The monoisotopic (exact) mass is 712 g/mol. The van der Waals surface area contributed by atoms with Crippen LogP contribution in [-0.4, -0.2) is 9.97 Å². The van der Waals surface area contributed by atoms with Crippen molar-refractivity contribution < 1.29 is 4.42 Å². The third-order valence-electron chi connectivity index (χ3n) is 11.9. The van der Waals surface area contributed by atoms with E-state index in [1.165, 1.54) is 44.5 Å².